The number of carbonyl (C=O) groups excluding carboxylic acids is 1. The van der Waals surface area contributed by atoms with E-state index in [-0.39, 0.29) is 27.6 Å². The van der Waals surface area contributed by atoms with Gasteiger partial charge in [-0.2, -0.15) is 0 Å². The summed E-state index contributed by atoms with van der Waals surface area (Å²) in [6.07, 6.45) is 0. The largest absolute Gasteiger partial charge is 0.493 e. The molecule has 0 aliphatic carbocycles. The minimum atomic E-state index is -4.12. The SMILES string of the molecule is COc1cc(NC(=O)NS(=O)(=O)c2ccc(C)cc2)c(C(=O)O)cc1OC. The van der Waals surface area contributed by atoms with Crippen molar-refractivity contribution in [1.29, 1.82) is 0 Å². The predicted octanol–water partition coefficient (Wildman–Crippen LogP) is 2.22. The van der Waals surface area contributed by atoms with Crippen LogP contribution >= 0.6 is 0 Å². The number of nitrogens with one attached hydrogen (secondary N) is 2. The van der Waals surface area contributed by atoms with Crippen LogP contribution in [0.15, 0.2) is 41.3 Å². The average Bonchev–Trinajstić information content (AvgIpc) is 2.60. The third-order valence-electron chi connectivity index (χ3n) is 3.56. The minimum Gasteiger partial charge on any atom is -0.493 e. The smallest absolute Gasteiger partial charge is 0.337 e. The van der Waals surface area contributed by atoms with Gasteiger partial charge in [-0.05, 0) is 19.1 Å². The Bertz CT molecular complexity index is 970. The molecular formula is C17H18N2O7S. The molecule has 0 aliphatic rings. The number of carbonyl (C=O) groups is 2. The summed E-state index contributed by atoms with van der Waals surface area (Å²) in [5.41, 5.74) is 0.405. The lowest BCUT2D eigenvalue weighted by atomic mass is 10.1. The van der Waals surface area contributed by atoms with Crippen molar-refractivity contribution in [2.45, 2.75) is 11.8 Å². The van der Waals surface area contributed by atoms with Crippen molar-refractivity contribution in [3.05, 3.63) is 47.5 Å². The van der Waals surface area contributed by atoms with Crippen molar-refractivity contribution < 1.29 is 32.6 Å². The first kappa shape index (κ1) is 20.0. The summed E-state index contributed by atoms with van der Waals surface area (Å²) in [7, 11) is -1.46. The van der Waals surface area contributed by atoms with Crippen LogP contribution in [-0.2, 0) is 10.0 Å². The van der Waals surface area contributed by atoms with Crippen LogP contribution in [-0.4, -0.2) is 39.7 Å². The Balaban J connectivity index is 2.29. The monoisotopic (exact) mass is 394 g/mol. The highest BCUT2D eigenvalue weighted by atomic mass is 32.2. The van der Waals surface area contributed by atoms with Gasteiger partial charge in [0, 0.05) is 12.1 Å². The van der Waals surface area contributed by atoms with Gasteiger partial charge in [0.25, 0.3) is 10.0 Å². The summed E-state index contributed by atoms with van der Waals surface area (Å²) in [5.74, 6) is -1.03. The molecule has 0 heterocycles. The molecular weight excluding hydrogens is 376 g/mol. The van der Waals surface area contributed by atoms with E-state index >= 15 is 0 Å². The highest BCUT2D eigenvalue weighted by Gasteiger charge is 2.21. The highest BCUT2D eigenvalue weighted by molar-refractivity contribution is 7.90. The van der Waals surface area contributed by atoms with Crippen LogP contribution in [0.3, 0.4) is 0 Å². The van der Waals surface area contributed by atoms with Crippen LogP contribution in [0.2, 0.25) is 0 Å². The molecule has 144 valence electrons. The third-order valence-corrected chi connectivity index (χ3v) is 4.91. The summed E-state index contributed by atoms with van der Waals surface area (Å²) < 4.78 is 36.4. The quantitative estimate of drug-likeness (QED) is 0.684. The first-order valence-electron chi connectivity index (χ1n) is 7.57. The van der Waals surface area contributed by atoms with E-state index in [1.165, 1.54) is 32.4 Å². The van der Waals surface area contributed by atoms with E-state index in [4.69, 9.17) is 9.47 Å². The second kappa shape index (κ2) is 7.96. The van der Waals surface area contributed by atoms with E-state index in [0.717, 1.165) is 11.6 Å². The van der Waals surface area contributed by atoms with E-state index in [9.17, 15) is 23.1 Å². The molecule has 0 saturated heterocycles. The van der Waals surface area contributed by atoms with Crippen LogP contribution in [0.5, 0.6) is 11.5 Å². The Morgan fingerprint density at radius 1 is 1.00 bits per heavy atom. The van der Waals surface area contributed by atoms with E-state index < -0.39 is 22.0 Å². The topological polar surface area (TPSA) is 131 Å². The van der Waals surface area contributed by atoms with Crippen LogP contribution in [0.1, 0.15) is 15.9 Å². The number of hydrogen-bond donors (Lipinski definition) is 3. The molecule has 0 fully saturated rings. The molecule has 2 aromatic rings. The zero-order chi connectivity index (χ0) is 20.2. The number of anilines is 1. The second-order valence-electron chi connectivity index (χ2n) is 5.43. The number of sulfonamides is 1. The molecule has 2 aromatic carbocycles. The third kappa shape index (κ3) is 4.67. The van der Waals surface area contributed by atoms with Gasteiger partial charge in [-0.3, -0.25) is 0 Å². The summed E-state index contributed by atoms with van der Waals surface area (Å²) >= 11 is 0. The number of ether oxygens (including phenoxy) is 2. The van der Waals surface area contributed by atoms with E-state index in [0.29, 0.717) is 0 Å². The molecule has 0 aromatic heterocycles. The summed E-state index contributed by atoms with van der Waals surface area (Å²) in [6, 6.07) is 7.14. The Labute approximate surface area is 156 Å². The maximum atomic E-state index is 12.3. The van der Waals surface area contributed by atoms with Crippen LogP contribution in [0.4, 0.5) is 10.5 Å². The average molecular weight is 394 g/mol. The lowest BCUT2D eigenvalue weighted by Crippen LogP contribution is -2.34. The lowest BCUT2D eigenvalue weighted by Gasteiger charge is -2.14. The number of aryl methyl sites for hydroxylation is 1. The van der Waals surface area contributed by atoms with Crippen molar-refractivity contribution in [3.8, 4) is 11.5 Å². The molecule has 0 aliphatic heterocycles. The maximum Gasteiger partial charge on any atom is 0.337 e. The highest BCUT2D eigenvalue weighted by Crippen LogP contribution is 2.33. The molecule has 0 radical (unpaired) electrons. The van der Waals surface area contributed by atoms with Gasteiger partial charge in [0.2, 0.25) is 0 Å². The zero-order valence-electron chi connectivity index (χ0n) is 14.8. The number of urea groups is 1. The minimum absolute atomic E-state index is 0.103. The number of benzene rings is 2. The molecule has 0 saturated carbocycles. The van der Waals surface area contributed by atoms with Gasteiger partial charge >= 0.3 is 12.0 Å². The number of carboxylic acid groups (broad SMARTS) is 1. The van der Waals surface area contributed by atoms with Crippen molar-refractivity contribution in [1.82, 2.24) is 4.72 Å². The number of hydrogen-bond acceptors (Lipinski definition) is 6. The van der Waals surface area contributed by atoms with Gasteiger partial charge in [0.15, 0.2) is 11.5 Å². The predicted molar refractivity (Wildman–Crippen MR) is 97.0 cm³/mol. The van der Waals surface area contributed by atoms with E-state index in [1.807, 2.05) is 4.72 Å². The Morgan fingerprint density at radius 3 is 2.07 bits per heavy atom. The number of methoxy groups -OCH3 is 2. The van der Waals surface area contributed by atoms with E-state index in [2.05, 4.69) is 5.32 Å². The normalized spacial score (nSPS) is 10.8. The van der Waals surface area contributed by atoms with Crippen LogP contribution < -0.4 is 19.5 Å². The van der Waals surface area contributed by atoms with Gasteiger partial charge in [-0.15, -0.1) is 0 Å². The Kier molecular flexibility index (Phi) is 5.91. The number of aromatic carboxylic acids is 1. The molecule has 0 bridgehead atoms. The fraction of sp³-hybridized carbons (Fsp3) is 0.176. The van der Waals surface area contributed by atoms with Crippen LogP contribution in [0, 0.1) is 6.92 Å². The maximum absolute atomic E-state index is 12.3. The molecule has 0 unspecified atom stereocenters. The summed E-state index contributed by atoms with van der Waals surface area (Å²) in [6.45, 7) is 1.79. The molecule has 10 heteroatoms. The number of rotatable bonds is 6. The molecule has 27 heavy (non-hydrogen) atoms. The molecule has 2 rings (SSSR count). The second-order valence-corrected chi connectivity index (χ2v) is 7.11. The first-order chi connectivity index (χ1) is 12.7. The van der Waals surface area contributed by atoms with E-state index in [1.54, 1.807) is 19.1 Å². The Hall–Kier alpha value is -3.27. The van der Waals surface area contributed by atoms with Crippen molar-refractivity contribution in [2.75, 3.05) is 19.5 Å². The van der Waals surface area contributed by atoms with Crippen molar-refractivity contribution >= 4 is 27.7 Å². The standard InChI is InChI=1S/C17H18N2O7S/c1-10-4-6-11(7-5-10)27(23,24)19-17(22)18-13-9-15(26-3)14(25-2)8-12(13)16(20)21/h4-9H,1-3H3,(H,20,21)(H2,18,19,22). The first-order valence-corrected chi connectivity index (χ1v) is 9.06. The lowest BCUT2D eigenvalue weighted by molar-refractivity contribution is 0.0697. The van der Waals surface area contributed by atoms with Gasteiger partial charge in [-0.1, -0.05) is 17.7 Å². The van der Waals surface area contributed by atoms with Crippen molar-refractivity contribution in [3.63, 3.8) is 0 Å². The molecule has 9 nitrogen and oxygen atoms in total. The van der Waals surface area contributed by atoms with Gasteiger partial charge in [0.1, 0.15) is 0 Å². The zero-order valence-corrected chi connectivity index (χ0v) is 15.6. The number of amides is 2. The van der Waals surface area contributed by atoms with Gasteiger partial charge < -0.3 is 19.9 Å². The summed E-state index contributed by atoms with van der Waals surface area (Å²) in [5, 5.41) is 11.5. The van der Waals surface area contributed by atoms with Gasteiger partial charge in [-0.25, -0.2) is 22.7 Å². The molecule has 3 N–H and O–H groups in total. The Morgan fingerprint density at radius 2 is 1.56 bits per heavy atom. The van der Waals surface area contributed by atoms with Crippen LogP contribution in [0.25, 0.3) is 0 Å². The number of carboxylic acids is 1. The molecule has 0 atom stereocenters. The fourth-order valence-corrected chi connectivity index (χ4v) is 3.11. The molecule has 0 spiro atoms. The van der Waals surface area contributed by atoms with Crippen molar-refractivity contribution in [2.24, 2.45) is 0 Å². The fourth-order valence-electron chi connectivity index (χ4n) is 2.21. The molecule has 2 amide bonds. The summed E-state index contributed by atoms with van der Waals surface area (Å²) in [4.78, 5) is 23.5. The van der Waals surface area contributed by atoms with Gasteiger partial charge in [0.05, 0.1) is 30.4 Å².